The van der Waals surface area contributed by atoms with Crippen LogP contribution in [0.5, 0.6) is 0 Å². The minimum atomic E-state index is -0.575. The average molecular weight is 300 g/mol. The third-order valence-corrected chi connectivity index (χ3v) is 5.97. The number of carbonyl (C=O) groups excluding carboxylic acids is 1. The van der Waals surface area contributed by atoms with Gasteiger partial charge in [-0.2, -0.15) is 11.8 Å². The van der Waals surface area contributed by atoms with Gasteiger partial charge in [-0.05, 0) is 31.4 Å². The minimum absolute atomic E-state index is 0.0920. The molecule has 1 unspecified atom stereocenters. The van der Waals surface area contributed by atoms with Crippen LogP contribution in [0.3, 0.4) is 0 Å². The maximum atomic E-state index is 12.7. The van der Waals surface area contributed by atoms with Crippen LogP contribution >= 0.6 is 24.0 Å². The second-order valence-corrected chi connectivity index (χ2v) is 7.34. The molecule has 5 heteroatoms. The first-order chi connectivity index (χ1) is 9.15. The van der Waals surface area contributed by atoms with Gasteiger partial charge in [0, 0.05) is 11.8 Å². The molecule has 1 aliphatic carbocycles. The van der Waals surface area contributed by atoms with E-state index in [4.69, 9.17) is 18.0 Å². The molecule has 0 radical (unpaired) electrons. The van der Waals surface area contributed by atoms with Crippen LogP contribution in [0.2, 0.25) is 0 Å². The Kier molecular flexibility index (Phi) is 5.51. The Bertz CT molecular complexity index is 332. The normalized spacial score (nSPS) is 27.3. The zero-order chi connectivity index (χ0) is 13.7. The van der Waals surface area contributed by atoms with Crippen LogP contribution in [0, 0.1) is 5.41 Å². The quantitative estimate of drug-likeness (QED) is 0.621. The van der Waals surface area contributed by atoms with Crippen LogP contribution in [0.1, 0.15) is 51.4 Å². The van der Waals surface area contributed by atoms with Gasteiger partial charge < -0.3 is 11.1 Å². The number of amides is 1. The van der Waals surface area contributed by atoms with Gasteiger partial charge in [0.15, 0.2) is 0 Å². The fourth-order valence-corrected chi connectivity index (χ4v) is 4.46. The van der Waals surface area contributed by atoms with Gasteiger partial charge in [-0.15, -0.1) is 0 Å². The molecular formula is C14H24N2OS2. The predicted molar refractivity (Wildman–Crippen MR) is 85.4 cm³/mol. The molecule has 1 atom stereocenters. The van der Waals surface area contributed by atoms with Crippen molar-refractivity contribution in [2.24, 2.45) is 11.1 Å². The van der Waals surface area contributed by atoms with Crippen LogP contribution in [0.25, 0.3) is 0 Å². The molecule has 0 aromatic rings. The molecule has 2 fully saturated rings. The van der Waals surface area contributed by atoms with Crippen molar-refractivity contribution >= 4 is 34.9 Å². The van der Waals surface area contributed by atoms with Crippen LogP contribution in [-0.4, -0.2) is 28.4 Å². The standard InChI is InChI=1S/C14H24N2OS2/c15-12(18)14(7-3-1-2-4-8-14)13(17)16-11-6-5-9-19-10-11/h11H,1-10H2,(H2,15,18)(H,16,17). The van der Waals surface area contributed by atoms with Gasteiger partial charge in [0.2, 0.25) is 5.91 Å². The Balaban J connectivity index is 2.04. The van der Waals surface area contributed by atoms with Crippen LogP contribution < -0.4 is 11.1 Å². The minimum Gasteiger partial charge on any atom is -0.392 e. The van der Waals surface area contributed by atoms with Crippen molar-refractivity contribution < 1.29 is 4.79 Å². The van der Waals surface area contributed by atoms with Gasteiger partial charge in [0.25, 0.3) is 0 Å². The van der Waals surface area contributed by atoms with Crippen molar-refractivity contribution in [2.45, 2.75) is 57.4 Å². The summed E-state index contributed by atoms with van der Waals surface area (Å²) in [5, 5.41) is 3.21. The van der Waals surface area contributed by atoms with E-state index in [0.29, 0.717) is 11.0 Å². The largest absolute Gasteiger partial charge is 0.392 e. The van der Waals surface area contributed by atoms with E-state index in [0.717, 1.165) is 37.9 Å². The lowest BCUT2D eigenvalue weighted by Crippen LogP contribution is -2.52. The molecule has 1 saturated heterocycles. The van der Waals surface area contributed by atoms with E-state index in [1.807, 2.05) is 11.8 Å². The fourth-order valence-electron chi connectivity index (χ4n) is 3.10. The number of rotatable bonds is 3. The second kappa shape index (κ2) is 6.93. The molecule has 3 N–H and O–H groups in total. The maximum Gasteiger partial charge on any atom is 0.233 e. The number of nitrogens with one attached hydrogen (secondary N) is 1. The van der Waals surface area contributed by atoms with Gasteiger partial charge in [-0.25, -0.2) is 0 Å². The zero-order valence-electron chi connectivity index (χ0n) is 11.5. The summed E-state index contributed by atoms with van der Waals surface area (Å²) >= 11 is 7.17. The number of carbonyl (C=O) groups is 1. The Hall–Kier alpha value is -0.290. The first kappa shape index (κ1) is 15.1. The monoisotopic (exact) mass is 300 g/mol. The molecule has 0 bridgehead atoms. The third-order valence-electron chi connectivity index (χ3n) is 4.36. The molecule has 1 amide bonds. The van der Waals surface area contributed by atoms with E-state index in [1.54, 1.807) is 0 Å². The first-order valence-corrected chi connectivity index (χ1v) is 8.90. The summed E-state index contributed by atoms with van der Waals surface area (Å²) in [7, 11) is 0. The summed E-state index contributed by atoms with van der Waals surface area (Å²) < 4.78 is 0. The second-order valence-electron chi connectivity index (χ2n) is 5.75. The van der Waals surface area contributed by atoms with E-state index in [2.05, 4.69) is 5.32 Å². The fraction of sp³-hybridized carbons (Fsp3) is 0.857. The summed E-state index contributed by atoms with van der Waals surface area (Å²) in [6, 6.07) is 0.306. The van der Waals surface area contributed by atoms with Crippen LogP contribution in [0.4, 0.5) is 0 Å². The first-order valence-electron chi connectivity index (χ1n) is 7.34. The molecule has 19 heavy (non-hydrogen) atoms. The molecule has 3 nitrogen and oxygen atoms in total. The lowest BCUT2D eigenvalue weighted by atomic mass is 9.79. The molecule has 0 aromatic carbocycles. The lowest BCUT2D eigenvalue weighted by Gasteiger charge is -2.33. The van der Waals surface area contributed by atoms with Crippen molar-refractivity contribution in [2.75, 3.05) is 11.5 Å². The van der Waals surface area contributed by atoms with E-state index in [1.165, 1.54) is 25.0 Å². The van der Waals surface area contributed by atoms with Crippen molar-refractivity contribution in [3.8, 4) is 0 Å². The molecule has 0 aromatic heterocycles. The highest BCUT2D eigenvalue weighted by Gasteiger charge is 2.42. The van der Waals surface area contributed by atoms with Crippen molar-refractivity contribution in [1.82, 2.24) is 5.32 Å². The number of hydrogen-bond acceptors (Lipinski definition) is 3. The van der Waals surface area contributed by atoms with Gasteiger partial charge in [0.1, 0.15) is 0 Å². The van der Waals surface area contributed by atoms with E-state index < -0.39 is 5.41 Å². The van der Waals surface area contributed by atoms with E-state index in [9.17, 15) is 4.79 Å². The highest BCUT2D eigenvalue weighted by Crippen LogP contribution is 2.36. The summed E-state index contributed by atoms with van der Waals surface area (Å²) in [4.78, 5) is 13.1. The Morgan fingerprint density at radius 3 is 2.42 bits per heavy atom. The van der Waals surface area contributed by atoms with Gasteiger partial charge in [0.05, 0.1) is 10.4 Å². The number of thiocarbonyl (C=S) groups is 1. The SMILES string of the molecule is NC(=S)C1(C(=O)NC2CCCSC2)CCCCCC1. The molecule has 1 saturated carbocycles. The lowest BCUT2D eigenvalue weighted by molar-refractivity contribution is -0.128. The number of hydrogen-bond donors (Lipinski definition) is 2. The van der Waals surface area contributed by atoms with Crippen LogP contribution in [-0.2, 0) is 4.79 Å². The maximum absolute atomic E-state index is 12.7. The van der Waals surface area contributed by atoms with Gasteiger partial charge >= 0.3 is 0 Å². The van der Waals surface area contributed by atoms with Crippen LogP contribution in [0.15, 0.2) is 0 Å². The van der Waals surface area contributed by atoms with Crippen molar-refractivity contribution in [1.29, 1.82) is 0 Å². The summed E-state index contributed by atoms with van der Waals surface area (Å²) in [5.41, 5.74) is 5.37. The molecule has 1 aliphatic heterocycles. The Labute approximate surface area is 125 Å². The van der Waals surface area contributed by atoms with Crippen molar-refractivity contribution in [3.05, 3.63) is 0 Å². The van der Waals surface area contributed by atoms with Gasteiger partial charge in [-0.1, -0.05) is 37.9 Å². The highest BCUT2D eigenvalue weighted by molar-refractivity contribution is 7.99. The van der Waals surface area contributed by atoms with Gasteiger partial charge in [-0.3, -0.25) is 4.79 Å². The summed E-state index contributed by atoms with van der Waals surface area (Å²) in [6.07, 6.45) is 8.44. The Morgan fingerprint density at radius 1 is 1.21 bits per heavy atom. The molecule has 1 heterocycles. The Morgan fingerprint density at radius 2 is 1.89 bits per heavy atom. The average Bonchev–Trinajstić information content (AvgIpc) is 2.66. The van der Waals surface area contributed by atoms with Crippen molar-refractivity contribution in [3.63, 3.8) is 0 Å². The molecule has 0 spiro atoms. The highest BCUT2D eigenvalue weighted by atomic mass is 32.2. The summed E-state index contributed by atoms with van der Waals surface area (Å²) in [5.74, 6) is 2.33. The van der Waals surface area contributed by atoms with E-state index in [-0.39, 0.29) is 5.91 Å². The zero-order valence-corrected chi connectivity index (χ0v) is 13.1. The molecule has 108 valence electrons. The molecule has 2 aliphatic rings. The topological polar surface area (TPSA) is 55.1 Å². The number of thioether (sulfide) groups is 1. The van der Waals surface area contributed by atoms with E-state index >= 15 is 0 Å². The third kappa shape index (κ3) is 3.63. The molecule has 2 rings (SSSR count). The smallest absolute Gasteiger partial charge is 0.233 e. The number of nitrogens with two attached hydrogens (primary N) is 1. The predicted octanol–water partition coefficient (Wildman–Crippen LogP) is 2.62. The summed E-state index contributed by atoms with van der Waals surface area (Å²) in [6.45, 7) is 0. The molecular weight excluding hydrogens is 276 g/mol.